The minimum atomic E-state index is -0.0595. The van der Waals surface area contributed by atoms with Crippen molar-refractivity contribution in [2.75, 3.05) is 0 Å². The molecule has 1 saturated heterocycles. The summed E-state index contributed by atoms with van der Waals surface area (Å²) in [4.78, 5) is 0. The first-order valence-corrected chi connectivity index (χ1v) is 13.1. The van der Waals surface area contributed by atoms with Crippen LogP contribution in [0.5, 0.6) is 0 Å². The highest BCUT2D eigenvalue weighted by Crippen LogP contribution is 2.76. The SMILES string of the molecule is CC(C)CCC[C@@H](C)[C@H]1CC[C@@H]2[C@]1(C)CC[C@H]1[C@]23O[C@H]3CC2CC(O)CC[C@@]21C. The Labute approximate surface area is 179 Å². The molecule has 166 valence electrons. The van der Waals surface area contributed by atoms with E-state index in [1.165, 1.54) is 57.8 Å². The number of rotatable bonds is 5. The van der Waals surface area contributed by atoms with Crippen LogP contribution in [0.1, 0.15) is 105 Å². The Morgan fingerprint density at radius 2 is 1.62 bits per heavy atom. The lowest BCUT2D eigenvalue weighted by atomic mass is 9.44. The average molecular weight is 403 g/mol. The summed E-state index contributed by atoms with van der Waals surface area (Å²) in [6, 6.07) is 0. The Balaban J connectivity index is 1.35. The zero-order valence-corrected chi connectivity index (χ0v) is 19.8. The average Bonchev–Trinajstić information content (AvgIpc) is 3.22. The molecule has 0 aromatic carbocycles. The number of epoxide rings is 1. The van der Waals surface area contributed by atoms with Gasteiger partial charge in [0, 0.05) is 0 Å². The molecule has 1 spiro atoms. The minimum Gasteiger partial charge on any atom is -0.393 e. The first kappa shape index (κ1) is 20.8. The molecule has 10 atom stereocenters. The highest BCUT2D eigenvalue weighted by molar-refractivity contribution is 5.26. The fraction of sp³-hybridized carbons (Fsp3) is 1.00. The van der Waals surface area contributed by atoms with Gasteiger partial charge in [-0.1, -0.05) is 53.9 Å². The van der Waals surface area contributed by atoms with Gasteiger partial charge in [0.2, 0.25) is 0 Å². The Kier molecular flexibility index (Phi) is 4.99. The summed E-state index contributed by atoms with van der Waals surface area (Å²) >= 11 is 0. The van der Waals surface area contributed by atoms with E-state index >= 15 is 0 Å². The van der Waals surface area contributed by atoms with Crippen LogP contribution in [-0.2, 0) is 4.74 Å². The smallest absolute Gasteiger partial charge is 0.101 e. The number of aliphatic hydroxyl groups excluding tert-OH is 1. The third kappa shape index (κ3) is 2.94. The Bertz CT molecular complexity index is 630. The fourth-order valence-electron chi connectivity index (χ4n) is 9.65. The van der Waals surface area contributed by atoms with Gasteiger partial charge in [-0.2, -0.15) is 0 Å². The first-order valence-electron chi connectivity index (χ1n) is 13.1. The molecule has 5 fully saturated rings. The standard InChI is InChI=1S/C27H46O2/c1-17(2)7-6-8-18(3)21-9-10-22-26(21,5)14-12-23-25(4)13-11-20(28)15-19(25)16-24-27(22,23)29-24/h17-24,28H,6-16H2,1-5H3/t18-,19?,20?,21-,22-,23-,24+,25+,26-,27-/m1/s1. The van der Waals surface area contributed by atoms with Gasteiger partial charge < -0.3 is 9.84 Å². The zero-order valence-electron chi connectivity index (χ0n) is 19.8. The molecular formula is C27H46O2. The van der Waals surface area contributed by atoms with Gasteiger partial charge >= 0.3 is 0 Å². The van der Waals surface area contributed by atoms with E-state index in [1.807, 2.05) is 0 Å². The van der Waals surface area contributed by atoms with Crippen molar-refractivity contribution in [2.24, 2.45) is 46.3 Å². The first-order chi connectivity index (χ1) is 13.7. The van der Waals surface area contributed by atoms with Crippen molar-refractivity contribution in [3.05, 3.63) is 0 Å². The van der Waals surface area contributed by atoms with Crippen LogP contribution in [0.25, 0.3) is 0 Å². The maximum atomic E-state index is 10.3. The lowest BCUT2D eigenvalue weighted by molar-refractivity contribution is -0.118. The van der Waals surface area contributed by atoms with Crippen molar-refractivity contribution in [1.82, 2.24) is 0 Å². The van der Waals surface area contributed by atoms with E-state index in [0.717, 1.165) is 42.4 Å². The second-order valence-electron chi connectivity index (χ2n) is 13.0. The summed E-state index contributed by atoms with van der Waals surface area (Å²) in [5, 5.41) is 10.3. The Hall–Kier alpha value is -0.0800. The number of aliphatic hydroxyl groups is 1. The van der Waals surface area contributed by atoms with E-state index < -0.39 is 0 Å². The molecule has 0 amide bonds. The van der Waals surface area contributed by atoms with Gasteiger partial charge in [0.1, 0.15) is 5.60 Å². The summed E-state index contributed by atoms with van der Waals surface area (Å²) in [7, 11) is 0. The van der Waals surface area contributed by atoms with Gasteiger partial charge in [-0.25, -0.2) is 0 Å². The maximum Gasteiger partial charge on any atom is 0.101 e. The normalized spacial score (nSPS) is 54.3. The quantitative estimate of drug-likeness (QED) is 0.525. The fourth-order valence-corrected chi connectivity index (χ4v) is 9.65. The van der Waals surface area contributed by atoms with Gasteiger partial charge in [0.05, 0.1) is 12.2 Å². The second-order valence-corrected chi connectivity index (χ2v) is 13.0. The van der Waals surface area contributed by atoms with Crippen LogP contribution in [0.3, 0.4) is 0 Å². The molecule has 5 rings (SSSR count). The van der Waals surface area contributed by atoms with E-state index in [4.69, 9.17) is 4.74 Å². The molecule has 4 saturated carbocycles. The molecule has 0 bridgehead atoms. The molecule has 1 heterocycles. The highest BCUT2D eigenvalue weighted by atomic mass is 16.6. The Morgan fingerprint density at radius 3 is 2.38 bits per heavy atom. The van der Waals surface area contributed by atoms with Gasteiger partial charge in [0.15, 0.2) is 0 Å². The van der Waals surface area contributed by atoms with Crippen molar-refractivity contribution < 1.29 is 9.84 Å². The topological polar surface area (TPSA) is 32.8 Å². The molecule has 5 aliphatic rings. The summed E-state index contributed by atoms with van der Waals surface area (Å²) in [5.74, 6) is 4.84. The van der Waals surface area contributed by atoms with E-state index in [1.54, 1.807) is 0 Å². The highest BCUT2D eigenvalue weighted by Gasteiger charge is 2.78. The van der Waals surface area contributed by atoms with Crippen LogP contribution < -0.4 is 0 Å². The largest absolute Gasteiger partial charge is 0.393 e. The lowest BCUT2D eigenvalue weighted by Gasteiger charge is -2.59. The van der Waals surface area contributed by atoms with Gasteiger partial charge in [-0.3, -0.25) is 0 Å². The van der Waals surface area contributed by atoms with Crippen LogP contribution in [0, 0.1) is 46.3 Å². The lowest BCUT2D eigenvalue weighted by Crippen LogP contribution is -2.59. The molecule has 0 aromatic rings. The van der Waals surface area contributed by atoms with Gasteiger partial charge in [-0.15, -0.1) is 0 Å². The number of hydrogen-bond acceptors (Lipinski definition) is 2. The summed E-state index contributed by atoms with van der Waals surface area (Å²) in [6.07, 6.45) is 14.8. The van der Waals surface area contributed by atoms with Crippen LogP contribution in [0.15, 0.2) is 0 Å². The third-order valence-corrected chi connectivity index (χ3v) is 11.2. The van der Waals surface area contributed by atoms with E-state index in [9.17, 15) is 5.11 Å². The van der Waals surface area contributed by atoms with Crippen LogP contribution in [0.4, 0.5) is 0 Å². The van der Waals surface area contributed by atoms with Crippen LogP contribution >= 0.6 is 0 Å². The van der Waals surface area contributed by atoms with Crippen LogP contribution in [-0.4, -0.2) is 22.9 Å². The molecule has 0 aromatic heterocycles. The molecule has 2 heteroatoms. The van der Waals surface area contributed by atoms with Gasteiger partial charge in [0.25, 0.3) is 0 Å². The van der Waals surface area contributed by atoms with E-state index in [-0.39, 0.29) is 11.7 Å². The predicted octanol–water partition coefficient (Wildman–Crippen LogP) is 6.60. The molecule has 1 N–H and O–H groups in total. The summed E-state index contributed by atoms with van der Waals surface area (Å²) < 4.78 is 6.80. The minimum absolute atomic E-state index is 0.0595. The molecule has 2 unspecified atom stereocenters. The maximum absolute atomic E-state index is 10.3. The molecule has 2 nitrogen and oxygen atoms in total. The number of fused-ring (bicyclic) bond motifs is 3. The van der Waals surface area contributed by atoms with Crippen molar-refractivity contribution in [3.8, 4) is 0 Å². The molecule has 0 radical (unpaired) electrons. The van der Waals surface area contributed by atoms with Crippen LogP contribution in [0.2, 0.25) is 0 Å². The number of hydrogen-bond donors (Lipinski definition) is 1. The number of ether oxygens (including phenoxy) is 1. The summed E-state index contributed by atoms with van der Waals surface area (Å²) in [5.41, 5.74) is 1.13. The van der Waals surface area contributed by atoms with Crippen molar-refractivity contribution in [1.29, 1.82) is 0 Å². The summed E-state index contributed by atoms with van der Waals surface area (Å²) in [6.45, 7) is 12.5. The zero-order chi connectivity index (χ0) is 20.6. The van der Waals surface area contributed by atoms with E-state index in [0.29, 0.717) is 22.9 Å². The predicted molar refractivity (Wildman–Crippen MR) is 119 cm³/mol. The van der Waals surface area contributed by atoms with Crippen molar-refractivity contribution in [3.63, 3.8) is 0 Å². The monoisotopic (exact) mass is 402 g/mol. The van der Waals surface area contributed by atoms with Crippen molar-refractivity contribution in [2.45, 2.75) is 123 Å². The molecule has 4 aliphatic carbocycles. The molecular weight excluding hydrogens is 356 g/mol. The van der Waals surface area contributed by atoms with E-state index in [2.05, 4.69) is 34.6 Å². The molecule has 1 aliphatic heterocycles. The molecule has 29 heavy (non-hydrogen) atoms. The second kappa shape index (κ2) is 6.96. The van der Waals surface area contributed by atoms with Crippen molar-refractivity contribution >= 4 is 0 Å². The van der Waals surface area contributed by atoms with Gasteiger partial charge in [-0.05, 0) is 97.7 Å². The Morgan fingerprint density at radius 1 is 0.897 bits per heavy atom. The third-order valence-electron chi connectivity index (χ3n) is 11.2.